The van der Waals surface area contributed by atoms with E-state index in [1.165, 1.54) is 51.4 Å². The SMILES string of the molecule is CC1C(O)CCC2(C)C1CCC1C3CCC4(C(=O)N5CCCC5c5ncc(-c6ccc(C#N)cc6)[nH]5)CCCC4C3CCC12. The Kier molecular flexibility index (Phi) is 7.02. The molecule has 1 saturated heterocycles. The smallest absolute Gasteiger partial charge is 0.229 e. The number of aliphatic hydroxyl groups is 1. The Bertz CT molecular complexity index is 1440. The number of benzene rings is 1. The molecule has 11 unspecified atom stereocenters. The molecule has 2 heterocycles. The van der Waals surface area contributed by atoms with Crippen LogP contribution in [0, 0.1) is 63.6 Å². The molecular formula is C38H50N4O2. The molecular weight excluding hydrogens is 544 g/mol. The molecule has 8 rings (SSSR count). The standard InChI is InChI=1S/C38H50N4O2/c1-23-29-13-11-27-26-15-19-38(17-3-5-31(38)28(26)12-14-30(27)37(29,2)18-16-34(23)43)36(44)42-20-4-6-33(42)35-40-22-32(41-35)25-9-7-24(21-39)8-10-25/h7-10,22-23,26-31,33-34,43H,3-6,11-20H2,1-2H3,(H,40,41). The molecule has 11 atom stereocenters. The van der Waals surface area contributed by atoms with E-state index in [-0.39, 0.29) is 17.6 Å². The van der Waals surface area contributed by atoms with Crippen LogP contribution in [-0.2, 0) is 4.79 Å². The molecule has 0 radical (unpaired) electrons. The Morgan fingerprint density at radius 2 is 1.70 bits per heavy atom. The van der Waals surface area contributed by atoms with Crippen molar-refractivity contribution in [3.05, 3.63) is 41.9 Å². The Morgan fingerprint density at radius 1 is 0.932 bits per heavy atom. The third kappa shape index (κ3) is 4.20. The molecule has 44 heavy (non-hydrogen) atoms. The first-order valence-electron chi connectivity index (χ1n) is 17.9. The highest BCUT2D eigenvalue weighted by molar-refractivity contribution is 5.84. The van der Waals surface area contributed by atoms with Crippen molar-refractivity contribution < 1.29 is 9.90 Å². The van der Waals surface area contributed by atoms with E-state index in [0.717, 1.165) is 73.5 Å². The van der Waals surface area contributed by atoms with E-state index in [2.05, 4.69) is 29.8 Å². The van der Waals surface area contributed by atoms with E-state index in [9.17, 15) is 9.90 Å². The van der Waals surface area contributed by atoms with Crippen molar-refractivity contribution in [3.8, 4) is 17.3 Å². The predicted octanol–water partition coefficient (Wildman–Crippen LogP) is 7.66. The van der Waals surface area contributed by atoms with Crippen LogP contribution in [0.4, 0.5) is 0 Å². The second-order valence-corrected chi connectivity index (χ2v) is 16.1. The molecule has 1 amide bonds. The van der Waals surface area contributed by atoms with Gasteiger partial charge in [-0.1, -0.05) is 32.4 Å². The number of hydrogen-bond donors (Lipinski definition) is 2. The number of aromatic amines is 1. The Labute approximate surface area is 263 Å². The average Bonchev–Trinajstić information content (AvgIpc) is 3.82. The first-order chi connectivity index (χ1) is 21.3. The van der Waals surface area contributed by atoms with Crippen LogP contribution >= 0.6 is 0 Å². The average molecular weight is 595 g/mol. The molecule has 6 aliphatic rings. The number of amides is 1. The molecule has 1 aliphatic heterocycles. The molecule has 0 spiro atoms. The van der Waals surface area contributed by atoms with Crippen molar-refractivity contribution in [2.45, 2.75) is 109 Å². The van der Waals surface area contributed by atoms with E-state index in [0.29, 0.717) is 40.6 Å². The summed E-state index contributed by atoms with van der Waals surface area (Å²) in [7, 11) is 0. The number of carbonyl (C=O) groups excluding carboxylic acids is 1. The molecule has 5 saturated carbocycles. The molecule has 0 bridgehead atoms. The highest BCUT2D eigenvalue weighted by Crippen LogP contribution is 2.68. The lowest BCUT2D eigenvalue weighted by Gasteiger charge is -2.63. The molecule has 6 fully saturated rings. The Morgan fingerprint density at radius 3 is 2.50 bits per heavy atom. The van der Waals surface area contributed by atoms with E-state index in [4.69, 9.17) is 10.2 Å². The van der Waals surface area contributed by atoms with E-state index >= 15 is 0 Å². The summed E-state index contributed by atoms with van der Waals surface area (Å²) in [5.41, 5.74) is 2.82. The first kappa shape index (κ1) is 28.8. The lowest BCUT2D eigenvalue weighted by atomic mass is 9.42. The lowest BCUT2D eigenvalue weighted by molar-refractivity contribution is -0.168. The third-order valence-corrected chi connectivity index (χ3v) is 14.6. The minimum atomic E-state index is -0.177. The highest BCUT2D eigenvalue weighted by atomic mass is 16.3. The van der Waals surface area contributed by atoms with Crippen molar-refractivity contribution in [1.82, 2.24) is 14.9 Å². The molecule has 5 aliphatic carbocycles. The van der Waals surface area contributed by atoms with Gasteiger partial charge in [0, 0.05) is 6.54 Å². The minimum absolute atomic E-state index is 0.0255. The number of likely N-dealkylation sites (tertiary alicyclic amines) is 1. The van der Waals surface area contributed by atoms with Crippen LogP contribution in [0.5, 0.6) is 0 Å². The van der Waals surface area contributed by atoms with Gasteiger partial charge in [-0.15, -0.1) is 0 Å². The summed E-state index contributed by atoms with van der Waals surface area (Å²) in [6.45, 7) is 5.76. The van der Waals surface area contributed by atoms with Gasteiger partial charge in [-0.25, -0.2) is 4.98 Å². The number of nitriles is 1. The van der Waals surface area contributed by atoms with Crippen molar-refractivity contribution in [1.29, 1.82) is 5.26 Å². The van der Waals surface area contributed by atoms with Crippen LogP contribution < -0.4 is 0 Å². The quantitative estimate of drug-likeness (QED) is 0.382. The van der Waals surface area contributed by atoms with Crippen molar-refractivity contribution in [2.75, 3.05) is 6.54 Å². The molecule has 6 heteroatoms. The van der Waals surface area contributed by atoms with Crippen molar-refractivity contribution in [3.63, 3.8) is 0 Å². The van der Waals surface area contributed by atoms with Crippen LogP contribution in [0.15, 0.2) is 30.5 Å². The Hall–Kier alpha value is -2.65. The summed E-state index contributed by atoms with van der Waals surface area (Å²) < 4.78 is 0. The maximum Gasteiger partial charge on any atom is 0.229 e. The van der Waals surface area contributed by atoms with Gasteiger partial charge in [-0.2, -0.15) is 5.26 Å². The van der Waals surface area contributed by atoms with E-state index in [1.54, 1.807) is 0 Å². The van der Waals surface area contributed by atoms with Crippen LogP contribution in [0.1, 0.15) is 115 Å². The summed E-state index contributed by atoms with van der Waals surface area (Å²) in [4.78, 5) is 25.4. The molecule has 1 aromatic heterocycles. The summed E-state index contributed by atoms with van der Waals surface area (Å²) in [5, 5.41) is 19.9. The second kappa shape index (κ2) is 10.7. The largest absolute Gasteiger partial charge is 0.393 e. The summed E-state index contributed by atoms with van der Waals surface area (Å²) in [5.74, 6) is 6.09. The van der Waals surface area contributed by atoms with Crippen molar-refractivity contribution in [2.24, 2.45) is 52.3 Å². The molecule has 234 valence electrons. The number of nitrogens with zero attached hydrogens (tertiary/aromatic N) is 3. The maximum absolute atomic E-state index is 14.8. The van der Waals surface area contributed by atoms with Crippen LogP contribution in [-0.4, -0.2) is 38.5 Å². The number of rotatable bonds is 3. The zero-order chi connectivity index (χ0) is 30.2. The monoisotopic (exact) mass is 594 g/mol. The number of H-pyrrole nitrogens is 1. The van der Waals surface area contributed by atoms with Gasteiger partial charge < -0.3 is 15.0 Å². The van der Waals surface area contributed by atoms with Gasteiger partial charge >= 0.3 is 0 Å². The van der Waals surface area contributed by atoms with Crippen LogP contribution in [0.25, 0.3) is 11.3 Å². The molecule has 1 aromatic carbocycles. The number of aliphatic hydroxyl groups excluding tert-OH is 1. The predicted molar refractivity (Wildman–Crippen MR) is 170 cm³/mol. The Balaban J connectivity index is 1.02. The van der Waals surface area contributed by atoms with Crippen LogP contribution in [0.2, 0.25) is 0 Å². The fourth-order valence-corrected chi connectivity index (χ4v) is 12.6. The molecule has 2 N–H and O–H groups in total. The second-order valence-electron chi connectivity index (χ2n) is 16.1. The fraction of sp³-hybridized carbons (Fsp3) is 0.711. The van der Waals surface area contributed by atoms with E-state index in [1.807, 2.05) is 30.5 Å². The number of imidazole rings is 1. The number of hydrogen-bond acceptors (Lipinski definition) is 4. The fourth-order valence-electron chi connectivity index (χ4n) is 12.6. The summed E-state index contributed by atoms with van der Waals surface area (Å²) in [6.07, 6.45) is 17.0. The van der Waals surface area contributed by atoms with Gasteiger partial charge in [0.1, 0.15) is 5.82 Å². The topological polar surface area (TPSA) is 93.0 Å². The first-order valence-corrected chi connectivity index (χ1v) is 17.9. The van der Waals surface area contributed by atoms with Gasteiger partial charge in [0.15, 0.2) is 0 Å². The van der Waals surface area contributed by atoms with Gasteiger partial charge in [-0.3, -0.25) is 4.79 Å². The van der Waals surface area contributed by atoms with E-state index < -0.39 is 0 Å². The van der Waals surface area contributed by atoms with Gasteiger partial charge in [0.25, 0.3) is 0 Å². The number of aromatic nitrogens is 2. The molecule has 6 nitrogen and oxygen atoms in total. The minimum Gasteiger partial charge on any atom is -0.393 e. The van der Waals surface area contributed by atoms with Gasteiger partial charge in [0.2, 0.25) is 5.91 Å². The van der Waals surface area contributed by atoms with Gasteiger partial charge in [-0.05, 0) is 142 Å². The zero-order valence-corrected chi connectivity index (χ0v) is 26.7. The number of carbonyl (C=O) groups is 1. The number of fused-ring (bicyclic) bond motifs is 7. The summed E-state index contributed by atoms with van der Waals surface area (Å²) >= 11 is 0. The zero-order valence-electron chi connectivity index (χ0n) is 26.7. The molecule has 2 aromatic rings. The number of nitrogens with one attached hydrogen (secondary N) is 1. The maximum atomic E-state index is 14.8. The third-order valence-electron chi connectivity index (χ3n) is 14.6. The van der Waals surface area contributed by atoms with Crippen molar-refractivity contribution >= 4 is 5.91 Å². The summed E-state index contributed by atoms with van der Waals surface area (Å²) in [6, 6.07) is 9.84. The normalized spacial score (nSPS) is 43.0. The van der Waals surface area contributed by atoms with Gasteiger partial charge in [0.05, 0.1) is 41.1 Å². The highest BCUT2D eigenvalue weighted by Gasteiger charge is 2.63. The lowest BCUT2D eigenvalue weighted by Crippen LogP contribution is -2.58. The van der Waals surface area contributed by atoms with Crippen LogP contribution in [0.3, 0.4) is 0 Å².